The van der Waals surface area contributed by atoms with E-state index in [1.165, 1.54) is 24.3 Å². The molecule has 0 spiro atoms. The van der Waals surface area contributed by atoms with E-state index < -0.39 is 4.92 Å². The Morgan fingerprint density at radius 2 is 1.86 bits per heavy atom. The van der Waals surface area contributed by atoms with E-state index >= 15 is 0 Å². The Balaban J connectivity index is 1.91. The van der Waals surface area contributed by atoms with E-state index in [9.17, 15) is 14.9 Å². The molecule has 6 nitrogen and oxygen atoms in total. The molecule has 1 N–H and O–H groups in total. The monoisotopic (exact) mass is 313 g/mol. The summed E-state index contributed by atoms with van der Waals surface area (Å²) >= 11 is 5.24. The minimum atomic E-state index is -0.496. The van der Waals surface area contributed by atoms with E-state index in [2.05, 4.69) is 4.98 Å². The van der Waals surface area contributed by atoms with Crippen LogP contribution in [0.4, 0.5) is 5.69 Å². The number of para-hydroxylation sites is 2. The van der Waals surface area contributed by atoms with Gasteiger partial charge in [0.05, 0.1) is 22.5 Å². The van der Waals surface area contributed by atoms with Crippen LogP contribution in [0.25, 0.3) is 11.0 Å². The summed E-state index contributed by atoms with van der Waals surface area (Å²) in [5.41, 5.74) is 2.09. The number of imidazole rings is 1. The first-order valence-electron chi connectivity index (χ1n) is 6.51. The number of Topliss-reactive ketones (excluding diaryl/α,β-unsaturated/α-hetero) is 1. The van der Waals surface area contributed by atoms with Gasteiger partial charge in [0.25, 0.3) is 5.69 Å². The number of non-ortho nitro benzene ring substituents is 1. The highest BCUT2D eigenvalue weighted by atomic mass is 32.1. The number of hydrogen-bond acceptors (Lipinski definition) is 4. The number of nitro groups is 1. The van der Waals surface area contributed by atoms with Gasteiger partial charge in [-0.15, -0.1) is 0 Å². The molecule has 110 valence electrons. The number of aromatic nitrogens is 2. The van der Waals surface area contributed by atoms with Gasteiger partial charge >= 0.3 is 0 Å². The van der Waals surface area contributed by atoms with E-state index in [4.69, 9.17) is 12.2 Å². The molecule has 7 heteroatoms. The summed E-state index contributed by atoms with van der Waals surface area (Å²) in [5, 5.41) is 10.6. The highest BCUT2D eigenvalue weighted by Gasteiger charge is 2.12. The maximum Gasteiger partial charge on any atom is 0.269 e. The molecule has 0 bridgehead atoms. The van der Waals surface area contributed by atoms with Crippen molar-refractivity contribution < 1.29 is 9.72 Å². The number of carbonyl (C=O) groups is 1. The Morgan fingerprint density at radius 1 is 1.18 bits per heavy atom. The van der Waals surface area contributed by atoms with Crippen molar-refractivity contribution in [2.75, 3.05) is 0 Å². The van der Waals surface area contributed by atoms with E-state index in [0.717, 1.165) is 11.0 Å². The van der Waals surface area contributed by atoms with Gasteiger partial charge in [0.1, 0.15) is 0 Å². The first-order valence-corrected chi connectivity index (χ1v) is 6.92. The summed E-state index contributed by atoms with van der Waals surface area (Å²) in [6.07, 6.45) is 0. The molecule has 0 amide bonds. The van der Waals surface area contributed by atoms with Gasteiger partial charge in [0.2, 0.25) is 0 Å². The summed E-state index contributed by atoms with van der Waals surface area (Å²) in [7, 11) is 0. The van der Waals surface area contributed by atoms with Crippen LogP contribution in [0.2, 0.25) is 0 Å². The van der Waals surface area contributed by atoms with Crippen LogP contribution in [-0.2, 0) is 6.54 Å². The molecule has 0 saturated carbocycles. The van der Waals surface area contributed by atoms with Crippen LogP contribution in [0.1, 0.15) is 10.4 Å². The molecule has 1 heterocycles. The van der Waals surface area contributed by atoms with Crippen molar-refractivity contribution in [3.8, 4) is 0 Å². The molecule has 0 radical (unpaired) electrons. The smallest absolute Gasteiger partial charge is 0.269 e. The number of ketones is 1. The topological polar surface area (TPSA) is 80.9 Å². The molecule has 1 aromatic heterocycles. The van der Waals surface area contributed by atoms with Crippen LogP contribution in [0.5, 0.6) is 0 Å². The number of carbonyl (C=O) groups excluding carboxylic acids is 1. The van der Waals surface area contributed by atoms with Gasteiger partial charge in [-0.25, -0.2) is 0 Å². The molecule has 22 heavy (non-hydrogen) atoms. The van der Waals surface area contributed by atoms with Crippen LogP contribution in [-0.4, -0.2) is 20.3 Å². The zero-order chi connectivity index (χ0) is 15.7. The fraction of sp³-hybridized carbons (Fsp3) is 0.0667. The van der Waals surface area contributed by atoms with E-state index in [1.54, 1.807) is 4.57 Å². The largest absolute Gasteiger partial charge is 0.331 e. The van der Waals surface area contributed by atoms with Crippen molar-refractivity contribution in [1.82, 2.24) is 9.55 Å². The third-order valence-electron chi connectivity index (χ3n) is 3.38. The van der Waals surface area contributed by atoms with E-state index in [1.807, 2.05) is 24.3 Å². The third kappa shape index (κ3) is 2.53. The molecule has 0 aliphatic rings. The number of fused-ring (bicyclic) bond motifs is 1. The van der Waals surface area contributed by atoms with Gasteiger partial charge in [-0.2, -0.15) is 0 Å². The Morgan fingerprint density at radius 3 is 2.55 bits per heavy atom. The number of nitrogens with one attached hydrogen (secondary N) is 1. The average Bonchev–Trinajstić information content (AvgIpc) is 2.83. The Bertz CT molecular complexity index is 925. The van der Waals surface area contributed by atoms with Gasteiger partial charge in [0, 0.05) is 17.7 Å². The lowest BCUT2D eigenvalue weighted by atomic mass is 10.1. The van der Waals surface area contributed by atoms with Crippen molar-refractivity contribution in [3.05, 3.63) is 69.0 Å². The standard InChI is InChI=1S/C15H11N3O3S/c19-14(10-5-7-11(8-6-10)18(20)21)9-17-13-4-2-1-3-12(13)16-15(17)22/h1-8H,9H2,(H,16,22). The normalized spacial score (nSPS) is 10.7. The van der Waals surface area contributed by atoms with Crippen molar-refractivity contribution in [2.45, 2.75) is 6.54 Å². The van der Waals surface area contributed by atoms with Gasteiger partial charge < -0.3 is 9.55 Å². The first-order chi connectivity index (χ1) is 10.6. The second-order valence-electron chi connectivity index (χ2n) is 4.76. The first kappa shape index (κ1) is 14.2. The predicted octanol–water partition coefficient (Wildman–Crippen LogP) is 3.49. The van der Waals surface area contributed by atoms with Crippen molar-refractivity contribution in [3.63, 3.8) is 0 Å². The molecule has 0 unspecified atom stereocenters. The zero-order valence-electron chi connectivity index (χ0n) is 11.4. The molecule has 0 aliphatic heterocycles. The maximum atomic E-state index is 12.3. The van der Waals surface area contributed by atoms with E-state index in [0.29, 0.717) is 10.3 Å². The SMILES string of the molecule is O=C(Cn1c(=S)[nH]c2ccccc21)c1ccc([N+](=O)[O-])cc1. The Labute approximate surface area is 130 Å². The summed E-state index contributed by atoms with van der Waals surface area (Å²) in [5.74, 6) is -0.157. The van der Waals surface area contributed by atoms with Gasteiger partial charge in [-0.05, 0) is 36.5 Å². The molecule has 3 rings (SSSR count). The second kappa shape index (κ2) is 5.53. The molecular weight excluding hydrogens is 302 g/mol. The molecule has 2 aromatic carbocycles. The summed E-state index contributed by atoms with van der Waals surface area (Å²) in [6.45, 7) is 0.0840. The number of nitro benzene ring substituents is 1. The molecular formula is C15H11N3O3S. The minimum Gasteiger partial charge on any atom is -0.331 e. The maximum absolute atomic E-state index is 12.3. The number of rotatable bonds is 4. The van der Waals surface area contributed by atoms with Crippen LogP contribution in [0, 0.1) is 14.9 Å². The minimum absolute atomic E-state index is 0.0414. The molecule has 0 atom stereocenters. The van der Waals surface area contributed by atoms with Crippen LogP contribution in [0.15, 0.2) is 48.5 Å². The number of aromatic amines is 1. The second-order valence-corrected chi connectivity index (χ2v) is 5.15. The lowest BCUT2D eigenvalue weighted by Gasteiger charge is -2.04. The fourth-order valence-corrected chi connectivity index (χ4v) is 2.54. The highest BCUT2D eigenvalue weighted by molar-refractivity contribution is 7.71. The van der Waals surface area contributed by atoms with Crippen LogP contribution in [0.3, 0.4) is 0 Å². The Kier molecular flexibility index (Phi) is 3.56. The number of H-pyrrole nitrogens is 1. The lowest BCUT2D eigenvalue weighted by Crippen LogP contribution is -2.10. The van der Waals surface area contributed by atoms with Crippen LogP contribution >= 0.6 is 12.2 Å². The number of nitrogens with zero attached hydrogens (tertiary/aromatic N) is 2. The fourth-order valence-electron chi connectivity index (χ4n) is 2.27. The number of hydrogen-bond donors (Lipinski definition) is 1. The Hall–Kier alpha value is -2.80. The molecule has 0 fully saturated rings. The summed E-state index contributed by atoms with van der Waals surface area (Å²) in [6, 6.07) is 13.1. The number of benzene rings is 2. The molecule has 0 aliphatic carbocycles. The van der Waals surface area contributed by atoms with Crippen molar-refractivity contribution in [2.24, 2.45) is 0 Å². The van der Waals surface area contributed by atoms with Gasteiger partial charge in [-0.3, -0.25) is 14.9 Å². The average molecular weight is 313 g/mol. The zero-order valence-corrected chi connectivity index (χ0v) is 12.2. The van der Waals surface area contributed by atoms with Gasteiger partial charge in [0.15, 0.2) is 10.6 Å². The van der Waals surface area contributed by atoms with Crippen molar-refractivity contribution in [1.29, 1.82) is 0 Å². The summed E-state index contributed by atoms with van der Waals surface area (Å²) < 4.78 is 2.19. The van der Waals surface area contributed by atoms with E-state index in [-0.39, 0.29) is 18.0 Å². The predicted molar refractivity (Wildman–Crippen MR) is 84.5 cm³/mol. The van der Waals surface area contributed by atoms with Gasteiger partial charge in [-0.1, -0.05) is 12.1 Å². The third-order valence-corrected chi connectivity index (χ3v) is 3.71. The van der Waals surface area contributed by atoms with Crippen LogP contribution < -0.4 is 0 Å². The quantitative estimate of drug-likeness (QED) is 0.346. The molecule has 0 saturated heterocycles. The summed E-state index contributed by atoms with van der Waals surface area (Å²) in [4.78, 5) is 25.5. The van der Waals surface area contributed by atoms with Crippen molar-refractivity contribution >= 4 is 34.7 Å². The molecule has 3 aromatic rings. The lowest BCUT2D eigenvalue weighted by molar-refractivity contribution is -0.384. The highest BCUT2D eigenvalue weighted by Crippen LogP contribution is 2.16.